The molecule has 186 valence electrons. The fraction of sp³-hybridized carbons (Fsp3) is 0.481. The maximum atomic E-state index is 12.7. The molecule has 2 N–H and O–H groups in total. The number of nitrogens with zero attached hydrogens (tertiary/aromatic N) is 3. The van der Waals surface area contributed by atoms with E-state index in [0.29, 0.717) is 0 Å². The van der Waals surface area contributed by atoms with Crippen molar-refractivity contribution in [2.24, 2.45) is 0 Å². The monoisotopic (exact) mass is 493 g/mol. The highest BCUT2D eigenvalue weighted by Gasteiger charge is 2.30. The molecule has 2 unspecified atom stereocenters. The van der Waals surface area contributed by atoms with Crippen LogP contribution in [0.3, 0.4) is 0 Å². The van der Waals surface area contributed by atoms with E-state index in [1.54, 1.807) is 0 Å². The summed E-state index contributed by atoms with van der Waals surface area (Å²) in [6, 6.07) is 6.97. The van der Waals surface area contributed by atoms with E-state index in [1.807, 2.05) is 36.3 Å². The molecule has 35 heavy (non-hydrogen) atoms. The third kappa shape index (κ3) is 5.15. The number of morpholine rings is 1. The summed E-state index contributed by atoms with van der Waals surface area (Å²) in [5, 5.41) is 4.17. The number of amides is 2. The summed E-state index contributed by atoms with van der Waals surface area (Å²) >= 11 is 1.84. The average Bonchev–Trinajstić information content (AvgIpc) is 3.45. The summed E-state index contributed by atoms with van der Waals surface area (Å²) in [5.41, 5.74) is 4.49. The second kappa shape index (κ2) is 10.1. The predicted octanol–water partition coefficient (Wildman–Crippen LogP) is 5.11. The third-order valence-corrected chi connectivity index (χ3v) is 7.94. The number of H-pyrrole nitrogens is 1. The van der Waals surface area contributed by atoms with Crippen molar-refractivity contribution in [1.82, 2.24) is 25.1 Å². The zero-order valence-electron chi connectivity index (χ0n) is 21.0. The Morgan fingerprint density at radius 2 is 2.09 bits per heavy atom. The van der Waals surface area contributed by atoms with Crippen molar-refractivity contribution in [3.63, 3.8) is 0 Å². The number of hydrogen-bond acceptors (Lipinski definition) is 5. The van der Waals surface area contributed by atoms with Crippen molar-refractivity contribution in [3.05, 3.63) is 47.1 Å². The highest BCUT2D eigenvalue weighted by molar-refractivity contribution is 7.15. The van der Waals surface area contributed by atoms with Gasteiger partial charge in [0.1, 0.15) is 5.65 Å². The zero-order chi connectivity index (χ0) is 24.5. The minimum Gasteiger partial charge on any atom is -0.379 e. The molecule has 0 radical (unpaired) electrons. The van der Waals surface area contributed by atoms with Crippen LogP contribution in [0.25, 0.3) is 27.0 Å². The number of fused-ring (bicyclic) bond motifs is 1. The van der Waals surface area contributed by atoms with Gasteiger partial charge in [-0.25, -0.2) is 9.78 Å². The van der Waals surface area contributed by atoms with Crippen molar-refractivity contribution >= 4 is 34.0 Å². The van der Waals surface area contributed by atoms with Gasteiger partial charge in [-0.05, 0) is 57.9 Å². The first-order valence-electron chi connectivity index (χ1n) is 12.5. The standard InChI is InChI=1S/C27H35N5O2S/c1-17(2)30-27(33)32-18(3)11-20(12-19(32)4)24-15-29-26-23(24)13-21(14-28-26)25-6-5-22(35-25)16-31-7-9-34-10-8-31/h5-6,11,13-15,17-19H,7-10,12,16H2,1-4H3,(H,28,29)(H,30,33). The molecule has 1 fully saturated rings. The van der Waals surface area contributed by atoms with E-state index in [9.17, 15) is 4.79 Å². The van der Waals surface area contributed by atoms with Gasteiger partial charge in [0.2, 0.25) is 0 Å². The van der Waals surface area contributed by atoms with Crippen LogP contribution in [-0.2, 0) is 11.3 Å². The van der Waals surface area contributed by atoms with Gasteiger partial charge in [0, 0.05) is 76.4 Å². The molecule has 0 aromatic carbocycles. The van der Waals surface area contributed by atoms with E-state index >= 15 is 0 Å². The molecule has 5 rings (SSSR count). The number of hydrogen-bond donors (Lipinski definition) is 2. The molecule has 0 spiro atoms. The fourth-order valence-corrected chi connectivity index (χ4v) is 6.20. The van der Waals surface area contributed by atoms with E-state index in [-0.39, 0.29) is 24.2 Å². The Balaban J connectivity index is 1.39. The molecule has 2 aliphatic heterocycles. The number of nitrogens with one attached hydrogen (secondary N) is 2. The van der Waals surface area contributed by atoms with Gasteiger partial charge in [-0.1, -0.05) is 6.08 Å². The molecule has 3 aromatic heterocycles. The van der Waals surface area contributed by atoms with Gasteiger partial charge in [0.15, 0.2) is 0 Å². The summed E-state index contributed by atoms with van der Waals surface area (Å²) in [4.78, 5) is 27.8. The molecule has 1 saturated heterocycles. The van der Waals surface area contributed by atoms with Gasteiger partial charge in [0.05, 0.1) is 13.2 Å². The zero-order valence-corrected chi connectivity index (χ0v) is 21.8. The van der Waals surface area contributed by atoms with Gasteiger partial charge in [-0.15, -0.1) is 11.3 Å². The molecular weight excluding hydrogens is 458 g/mol. The van der Waals surface area contributed by atoms with Gasteiger partial charge < -0.3 is 19.9 Å². The molecule has 5 heterocycles. The topological polar surface area (TPSA) is 73.5 Å². The number of aromatic nitrogens is 2. The van der Waals surface area contributed by atoms with Gasteiger partial charge in [-0.2, -0.15) is 0 Å². The van der Waals surface area contributed by atoms with E-state index in [4.69, 9.17) is 9.72 Å². The van der Waals surface area contributed by atoms with Crippen molar-refractivity contribution in [2.45, 2.75) is 58.8 Å². The first kappa shape index (κ1) is 24.0. The lowest BCUT2D eigenvalue weighted by atomic mass is 9.92. The average molecular weight is 494 g/mol. The van der Waals surface area contributed by atoms with Crippen molar-refractivity contribution in [2.75, 3.05) is 26.3 Å². The second-order valence-corrected chi connectivity index (χ2v) is 11.1. The Bertz CT molecular complexity index is 1220. The fourth-order valence-electron chi connectivity index (χ4n) is 5.17. The summed E-state index contributed by atoms with van der Waals surface area (Å²) < 4.78 is 5.48. The van der Waals surface area contributed by atoms with Gasteiger partial charge >= 0.3 is 6.03 Å². The Labute approximate surface area is 211 Å². The maximum Gasteiger partial charge on any atom is 0.318 e. The smallest absolute Gasteiger partial charge is 0.318 e. The van der Waals surface area contributed by atoms with Crippen LogP contribution in [0.15, 0.2) is 36.7 Å². The number of aromatic amines is 1. The first-order chi connectivity index (χ1) is 16.9. The normalized spacial score (nSPS) is 21.5. The van der Waals surface area contributed by atoms with Crippen molar-refractivity contribution in [3.8, 4) is 10.4 Å². The minimum atomic E-state index is 0.00348. The van der Waals surface area contributed by atoms with Crippen LogP contribution in [0.5, 0.6) is 0 Å². The Morgan fingerprint density at radius 1 is 1.29 bits per heavy atom. The van der Waals surface area contributed by atoms with Crippen LogP contribution >= 0.6 is 11.3 Å². The third-order valence-electron chi connectivity index (χ3n) is 6.82. The molecule has 2 amide bonds. The quantitative estimate of drug-likeness (QED) is 0.518. The molecule has 8 heteroatoms. The molecule has 7 nitrogen and oxygen atoms in total. The lowest BCUT2D eigenvalue weighted by molar-refractivity contribution is 0.0346. The molecular formula is C27H35N5O2S. The van der Waals surface area contributed by atoms with Crippen LogP contribution in [-0.4, -0.2) is 70.2 Å². The summed E-state index contributed by atoms with van der Waals surface area (Å²) in [6.07, 6.45) is 7.07. The molecule has 2 atom stereocenters. The second-order valence-electron chi connectivity index (χ2n) is 9.97. The van der Waals surface area contributed by atoms with E-state index in [2.05, 4.69) is 59.5 Å². The number of urea groups is 1. The lowest BCUT2D eigenvalue weighted by Crippen LogP contribution is -2.52. The maximum absolute atomic E-state index is 12.7. The van der Waals surface area contributed by atoms with E-state index in [0.717, 1.165) is 55.9 Å². The van der Waals surface area contributed by atoms with Gasteiger partial charge in [-0.3, -0.25) is 4.90 Å². The van der Waals surface area contributed by atoms with Crippen LogP contribution in [0.1, 0.15) is 44.6 Å². The summed E-state index contributed by atoms with van der Waals surface area (Å²) in [6.45, 7) is 12.8. The predicted molar refractivity (Wildman–Crippen MR) is 143 cm³/mol. The number of carbonyl (C=O) groups excluding carboxylic acids is 1. The van der Waals surface area contributed by atoms with Gasteiger partial charge in [0.25, 0.3) is 0 Å². The van der Waals surface area contributed by atoms with Crippen LogP contribution in [0, 0.1) is 0 Å². The van der Waals surface area contributed by atoms with Crippen LogP contribution < -0.4 is 5.32 Å². The summed E-state index contributed by atoms with van der Waals surface area (Å²) in [7, 11) is 0. The SMILES string of the molecule is CC(C)NC(=O)N1C(C)C=C(c2c[nH]c3ncc(-c4ccc(CN5CCOCC5)s4)cc23)CC1C. The Morgan fingerprint density at radius 3 is 2.83 bits per heavy atom. The largest absolute Gasteiger partial charge is 0.379 e. The minimum absolute atomic E-state index is 0.00348. The molecule has 0 saturated carbocycles. The lowest BCUT2D eigenvalue weighted by Gasteiger charge is -2.38. The molecule has 2 aliphatic rings. The first-order valence-corrected chi connectivity index (χ1v) is 13.4. The highest BCUT2D eigenvalue weighted by Crippen LogP contribution is 2.36. The number of ether oxygens (including phenoxy) is 1. The Kier molecular flexibility index (Phi) is 6.95. The number of carbonyl (C=O) groups is 1. The number of pyridine rings is 1. The van der Waals surface area contributed by atoms with Crippen LogP contribution in [0.2, 0.25) is 0 Å². The van der Waals surface area contributed by atoms with E-state index in [1.165, 1.54) is 20.9 Å². The molecule has 3 aromatic rings. The van der Waals surface area contributed by atoms with Crippen LogP contribution in [0.4, 0.5) is 4.79 Å². The van der Waals surface area contributed by atoms with E-state index < -0.39 is 0 Å². The molecule has 0 bridgehead atoms. The summed E-state index contributed by atoms with van der Waals surface area (Å²) in [5.74, 6) is 0. The Hall–Kier alpha value is -2.68. The highest BCUT2D eigenvalue weighted by atomic mass is 32.1. The van der Waals surface area contributed by atoms with Crippen molar-refractivity contribution in [1.29, 1.82) is 0 Å². The number of rotatable bonds is 5. The molecule has 0 aliphatic carbocycles. The number of thiophene rings is 1. The van der Waals surface area contributed by atoms with Crippen molar-refractivity contribution < 1.29 is 9.53 Å².